The third-order valence-corrected chi connectivity index (χ3v) is 3.51. The van der Waals surface area contributed by atoms with Crippen LogP contribution in [0.3, 0.4) is 0 Å². The highest BCUT2D eigenvalue weighted by Gasteiger charge is 2.30. The summed E-state index contributed by atoms with van der Waals surface area (Å²) in [5.41, 5.74) is 7.20. The molecule has 4 heteroatoms. The molecule has 3 N–H and O–H groups in total. The average Bonchev–Trinajstić information content (AvgIpc) is 2.64. The van der Waals surface area contributed by atoms with E-state index >= 15 is 0 Å². The topological polar surface area (TPSA) is 49.5 Å². The first kappa shape index (κ1) is 12.8. The second-order valence-corrected chi connectivity index (χ2v) is 5.23. The van der Waals surface area contributed by atoms with E-state index < -0.39 is 0 Å². The van der Waals surface area contributed by atoms with Gasteiger partial charge in [-0.2, -0.15) is 0 Å². The van der Waals surface area contributed by atoms with Crippen molar-refractivity contribution < 1.29 is 5.11 Å². The molecule has 0 radical (unpaired) electrons. The predicted molar refractivity (Wildman–Crippen MR) is 70.0 cm³/mol. The molecular formula is C13H19ClN2O. The third kappa shape index (κ3) is 2.99. The molecule has 1 heterocycles. The quantitative estimate of drug-likeness (QED) is 0.865. The Balaban J connectivity index is 2.23. The number of rotatable bonds is 3. The summed E-state index contributed by atoms with van der Waals surface area (Å²) in [6.45, 7) is 3.58. The Hall–Kier alpha value is -0.610. The van der Waals surface area contributed by atoms with E-state index in [0.29, 0.717) is 6.54 Å². The summed E-state index contributed by atoms with van der Waals surface area (Å²) >= 11 is 6.02. The lowest BCUT2D eigenvalue weighted by atomic mass is 9.99. The summed E-state index contributed by atoms with van der Waals surface area (Å²) in [5, 5.41) is 10.4. The fourth-order valence-corrected chi connectivity index (χ4v) is 2.76. The number of nitrogens with two attached hydrogens (primary N) is 1. The van der Waals surface area contributed by atoms with Crippen LogP contribution in [0.25, 0.3) is 0 Å². The molecule has 1 aromatic carbocycles. The van der Waals surface area contributed by atoms with Crippen LogP contribution in [-0.2, 0) is 0 Å². The third-order valence-electron chi connectivity index (χ3n) is 3.28. The van der Waals surface area contributed by atoms with Crippen LogP contribution in [0.2, 0.25) is 5.02 Å². The van der Waals surface area contributed by atoms with E-state index in [9.17, 15) is 5.11 Å². The molecule has 0 bridgehead atoms. The lowest BCUT2D eigenvalue weighted by Gasteiger charge is -2.31. The first-order chi connectivity index (χ1) is 8.08. The smallest absolute Gasteiger partial charge is 0.0679 e. The lowest BCUT2D eigenvalue weighted by Crippen LogP contribution is -2.38. The zero-order chi connectivity index (χ0) is 12.4. The van der Waals surface area contributed by atoms with Crippen LogP contribution in [-0.4, -0.2) is 35.2 Å². The van der Waals surface area contributed by atoms with E-state index in [0.717, 1.165) is 23.6 Å². The monoisotopic (exact) mass is 254 g/mol. The highest BCUT2D eigenvalue weighted by molar-refractivity contribution is 6.30. The van der Waals surface area contributed by atoms with Gasteiger partial charge in [-0.05, 0) is 31.0 Å². The molecular weight excluding hydrogens is 236 g/mol. The summed E-state index contributed by atoms with van der Waals surface area (Å²) in [5.74, 6) is 0. The molecule has 3 atom stereocenters. The Bertz CT molecular complexity index is 383. The molecule has 0 saturated carbocycles. The number of hydrogen-bond donors (Lipinski definition) is 2. The van der Waals surface area contributed by atoms with Crippen molar-refractivity contribution in [3.63, 3.8) is 0 Å². The number of aliphatic hydroxyl groups excluding tert-OH is 1. The largest absolute Gasteiger partial charge is 0.392 e. The second kappa shape index (κ2) is 5.36. The molecule has 3 unspecified atom stereocenters. The summed E-state index contributed by atoms with van der Waals surface area (Å²) in [4.78, 5) is 2.24. The van der Waals surface area contributed by atoms with Gasteiger partial charge in [-0.1, -0.05) is 23.7 Å². The zero-order valence-electron chi connectivity index (χ0n) is 10.0. The maximum atomic E-state index is 9.62. The van der Waals surface area contributed by atoms with Gasteiger partial charge in [0.2, 0.25) is 0 Å². The van der Waals surface area contributed by atoms with E-state index in [2.05, 4.69) is 4.90 Å². The van der Waals surface area contributed by atoms with Gasteiger partial charge in [-0.15, -0.1) is 0 Å². The molecule has 2 rings (SSSR count). The van der Waals surface area contributed by atoms with Crippen LogP contribution in [0.5, 0.6) is 0 Å². The molecule has 0 aromatic heterocycles. The fourth-order valence-electron chi connectivity index (χ4n) is 2.56. The molecule has 94 valence electrons. The molecule has 0 aliphatic carbocycles. The van der Waals surface area contributed by atoms with Gasteiger partial charge in [0.25, 0.3) is 0 Å². The molecule has 1 aliphatic heterocycles. The van der Waals surface area contributed by atoms with Gasteiger partial charge in [0.15, 0.2) is 0 Å². The van der Waals surface area contributed by atoms with Gasteiger partial charge in [0, 0.05) is 30.2 Å². The van der Waals surface area contributed by atoms with Crippen molar-refractivity contribution in [2.45, 2.75) is 31.5 Å². The van der Waals surface area contributed by atoms with E-state index in [1.165, 1.54) is 0 Å². The summed E-state index contributed by atoms with van der Waals surface area (Å²) in [7, 11) is 0. The maximum Gasteiger partial charge on any atom is 0.0679 e. The van der Waals surface area contributed by atoms with Crippen LogP contribution in [0.4, 0.5) is 0 Å². The van der Waals surface area contributed by atoms with Gasteiger partial charge >= 0.3 is 0 Å². The Morgan fingerprint density at radius 2 is 2.29 bits per heavy atom. The van der Waals surface area contributed by atoms with Crippen molar-refractivity contribution in [2.24, 2.45) is 5.73 Å². The minimum Gasteiger partial charge on any atom is -0.392 e. The summed E-state index contributed by atoms with van der Waals surface area (Å²) < 4.78 is 0. The molecule has 1 aromatic rings. The van der Waals surface area contributed by atoms with Gasteiger partial charge in [-0.25, -0.2) is 0 Å². The van der Waals surface area contributed by atoms with Crippen molar-refractivity contribution >= 4 is 11.6 Å². The highest BCUT2D eigenvalue weighted by Crippen LogP contribution is 2.28. The van der Waals surface area contributed by atoms with Crippen molar-refractivity contribution in [1.82, 2.24) is 4.90 Å². The number of benzene rings is 1. The van der Waals surface area contributed by atoms with E-state index in [1.807, 2.05) is 31.2 Å². The van der Waals surface area contributed by atoms with Crippen molar-refractivity contribution in [2.75, 3.05) is 13.1 Å². The standard InChI is InChI=1S/C13H19ClN2O/c1-9(15)13(16-6-5-12(17)8-16)10-3-2-4-11(14)7-10/h2-4,7,9,12-13,17H,5-6,8,15H2,1H3. The first-order valence-electron chi connectivity index (χ1n) is 6.01. The van der Waals surface area contributed by atoms with Crippen LogP contribution < -0.4 is 5.73 Å². The van der Waals surface area contributed by atoms with Gasteiger partial charge in [-0.3, -0.25) is 4.90 Å². The van der Waals surface area contributed by atoms with Crippen molar-refractivity contribution in [3.8, 4) is 0 Å². The van der Waals surface area contributed by atoms with Crippen molar-refractivity contribution in [1.29, 1.82) is 0 Å². The number of halogens is 1. The molecule has 3 nitrogen and oxygen atoms in total. The summed E-state index contributed by atoms with van der Waals surface area (Å²) in [6.07, 6.45) is 0.597. The Kier molecular flexibility index (Phi) is 4.05. The molecule has 1 aliphatic rings. The SMILES string of the molecule is CC(N)C(c1cccc(Cl)c1)N1CCC(O)C1. The molecule has 17 heavy (non-hydrogen) atoms. The van der Waals surface area contributed by atoms with E-state index in [-0.39, 0.29) is 18.2 Å². The van der Waals surface area contributed by atoms with Crippen LogP contribution in [0.1, 0.15) is 24.9 Å². The number of nitrogens with zero attached hydrogens (tertiary/aromatic N) is 1. The summed E-state index contributed by atoms with van der Waals surface area (Å²) in [6, 6.07) is 7.96. The first-order valence-corrected chi connectivity index (χ1v) is 6.39. The van der Waals surface area contributed by atoms with Crippen LogP contribution >= 0.6 is 11.6 Å². The molecule has 1 saturated heterocycles. The van der Waals surface area contributed by atoms with E-state index in [4.69, 9.17) is 17.3 Å². The number of β-amino-alcohol motifs (C(OH)–C–C–N with tert-alkyl or cyclic N) is 1. The van der Waals surface area contributed by atoms with Crippen molar-refractivity contribution in [3.05, 3.63) is 34.9 Å². The van der Waals surface area contributed by atoms with Gasteiger partial charge in [0.05, 0.1) is 6.10 Å². The van der Waals surface area contributed by atoms with Crippen LogP contribution in [0, 0.1) is 0 Å². The predicted octanol–water partition coefficient (Wildman–Crippen LogP) is 1.79. The fraction of sp³-hybridized carbons (Fsp3) is 0.538. The van der Waals surface area contributed by atoms with E-state index in [1.54, 1.807) is 0 Å². The van der Waals surface area contributed by atoms with Gasteiger partial charge < -0.3 is 10.8 Å². The minimum absolute atomic E-state index is 0.0127. The van der Waals surface area contributed by atoms with Gasteiger partial charge in [0.1, 0.15) is 0 Å². The Labute approximate surface area is 107 Å². The highest BCUT2D eigenvalue weighted by atomic mass is 35.5. The average molecular weight is 255 g/mol. The maximum absolute atomic E-state index is 9.62. The zero-order valence-corrected chi connectivity index (χ0v) is 10.8. The normalized spacial score (nSPS) is 24.8. The minimum atomic E-state index is -0.226. The molecule has 0 spiro atoms. The Morgan fingerprint density at radius 1 is 1.53 bits per heavy atom. The number of likely N-dealkylation sites (tertiary alicyclic amines) is 1. The van der Waals surface area contributed by atoms with Crippen LogP contribution in [0.15, 0.2) is 24.3 Å². The second-order valence-electron chi connectivity index (χ2n) is 4.80. The number of hydrogen-bond acceptors (Lipinski definition) is 3. The molecule has 1 fully saturated rings. The molecule has 0 amide bonds. The number of aliphatic hydroxyl groups is 1. The Morgan fingerprint density at radius 3 is 2.82 bits per heavy atom. The lowest BCUT2D eigenvalue weighted by molar-refractivity contribution is 0.151.